The Morgan fingerprint density at radius 2 is 1.80 bits per heavy atom. The van der Waals surface area contributed by atoms with Crippen molar-refractivity contribution in [3.05, 3.63) is 17.5 Å². The zero-order valence-electron chi connectivity index (χ0n) is 13.1. The van der Waals surface area contributed by atoms with Crippen LogP contribution in [-0.4, -0.2) is 16.0 Å². The van der Waals surface area contributed by atoms with Gasteiger partial charge >= 0.3 is 0 Å². The highest BCUT2D eigenvalue weighted by molar-refractivity contribution is 5.34. The summed E-state index contributed by atoms with van der Waals surface area (Å²) < 4.78 is 0. The van der Waals surface area contributed by atoms with Crippen LogP contribution in [0.4, 0.5) is 5.95 Å². The maximum absolute atomic E-state index is 8.99. The molecule has 0 atom stereocenters. The fraction of sp³-hybridized carbons (Fsp3) is 0.688. The lowest BCUT2D eigenvalue weighted by molar-refractivity contribution is 0.105. The predicted octanol–water partition coefficient (Wildman–Crippen LogP) is 3.67. The van der Waals surface area contributed by atoms with Crippen molar-refractivity contribution in [1.29, 1.82) is 5.26 Å². The van der Waals surface area contributed by atoms with Gasteiger partial charge in [0, 0.05) is 11.7 Å². The van der Waals surface area contributed by atoms with Gasteiger partial charge in [-0.3, -0.25) is 0 Å². The molecule has 1 N–H and O–H groups in total. The summed E-state index contributed by atoms with van der Waals surface area (Å²) in [5.41, 5.74) is 1.89. The van der Waals surface area contributed by atoms with E-state index in [2.05, 4.69) is 49.0 Å². The Morgan fingerprint density at radius 1 is 1.20 bits per heavy atom. The molecule has 0 bridgehead atoms. The molecule has 0 amide bonds. The number of anilines is 1. The lowest BCUT2D eigenvalue weighted by Crippen LogP contribution is -2.40. The standard InChI is InChI=1S/C16H24N4/c1-11-6-12(9-17)19-14(18-11)20-13-7-15(2,3)10-16(4,5)8-13/h6,13H,7-8,10H2,1-5H3,(H,18,19,20). The maximum atomic E-state index is 8.99. The van der Waals surface area contributed by atoms with Crippen molar-refractivity contribution in [2.24, 2.45) is 10.8 Å². The molecule has 20 heavy (non-hydrogen) atoms. The number of nitrogens with one attached hydrogen (secondary N) is 1. The van der Waals surface area contributed by atoms with E-state index in [0.717, 1.165) is 18.5 Å². The molecular formula is C16H24N4. The van der Waals surface area contributed by atoms with Gasteiger partial charge in [0.15, 0.2) is 0 Å². The molecule has 0 aromatic carbocycles. The van der Waals surface area contributed by atoms with Crippen molar-refractivity contribution in [2.75, 3.05) is 5.32 Å². The van der Waals surface area contributed by atoms with Gasteiger partial charge in [-0.2, -0.15) is 5.26 Å². The topological polar surface area (TPSA) is 61.6 Å². The Hall–Kier alpha value is -1.63. The van der Waals surface area contributed by atoms with Gasteiger partial charge in [0.05, 0.1) is 0 Å². The fourth-order valence-electron chi connectivity index (χ4n) is 3.82. The summed E-state index contributed by atoms with van der Waals surface area (Å²) in [7, 11) is 0. The largest absolute Gasteiger partial charge is 0.351 e. The summed E-state index contributed by atoms with van der Waals surface area (Å²) in [4.78, 5) is 8.66. The third kappa shape index (κ3) is 3.69. The minimum absolute atomic E-state index is 0.321. The second kappa shape index (κ2) is 5.05. The van der Waals surface area contributed by atoms with Crippen LogP contribution in [0.3, 0.4) is 0 Å². The highest BCUT2D eigenvalue weighted by Gasteiger charge is 2.38. The molecule has 0 aliphatic heterocycles. The van der Waals surface area contributed by atoms with E-state index in [4.69, 9.17) is 5.26 Å². The first-order chi connectivity index (χ1) is 9.19. The molecule has 1 aromatic heterocycles. The summed E-state index contributed by atoms with van der Waals surface area (Å²) in [6, 6.07) is 4.16. The highest BCUT2D eigenvalue weighted by atomic mass is 15.1. The zero-order valence-corrected chi connectivity index (χ0v) is 13.1. The molecule has 0 saturated heterocycles. The average molecular weight is 272 g/mol. The van der Waals surface area contributed by atoms with Crippen LogP contribution in [0.15, 0.2) is 6.07 Å². The van der Waals surface area contributed by atoms with Crippen LogP contribution >= 0.6 is 0 Å². The Labute approximate surface area is 121 Å². The van der Waals surface area contributed by atoms with Crippen LogP contribution < -0.4 is 5.32 Å². The molecule has 1 saturated carbocycles. The van der Waals surface area contributed by atoms with E-state index >= 15 is 0 Å². The van der Waals surface area contributed by atoms with Gasteiger partial charge in [-0.15, -0.1) is 0 Å². The van der Waals surface area contributed by atoms with Crippen LogP contribution in [0.1, 0.15) is 58.3 Å². The molecule has 0 unspecified atom stereocenters. The van der Waals surface area contributed by atoms with E-state index < -0.39 is 0 Å². The number of nitrogens with zero attached hydrogens (tertiary/aromatic N) is 3. The molecule has 1 heterocycles. The lowest BCUT2D eigenvalue weighted by atomic mass is 9.63. The highest BCUT2D eigenvalue weighted by Crippen LogP contribution is 2.46. The summed E-state index contributed by atoms with van der Waals surface area (Å²) in [6.45, 7) is 11.2. The van der Waals surface area contributed by atoms with Gasteiger partial charge in [-0.25, -0.2) is 9.97 Å². The number of hydrogen-bond acceptors (Lipinski definition) is 4. The number of rotatable bonds is 2. The quantitative estimate of drug-likeness (QED) is 0.892. The first kappa shape index (κ1) is 14.8. The van der Waals surface area contributed by atoms with E-state index in [-0.39, 0.29) is 0 Å². The van der Waals surface area contributed by atoms with Gasteiger partial charge < -0.3 is 5.32 Å². The number of nitriles is 1. The summed E-state index contributed by atoms with van der Waals surface area (Å²) in [5.74, 6) is 0.583. The van der Waals surface area contributed by atoms with Crippen molar-refractivity contribution in [2.45, 2.75) is 59.9 Å². The smallest absolute Gasteiger partial charge is 0.224 e. The van der Waals surface area contributed by atoms with Crippen LogP contribution in [0.5, 0.6) is 0 Å². The van der Waals surface area contributed by atoms with E-state index in [9.17, 15) is 0 Å². The summed E-state index contributed by atoms with van der Waals surface area (Å²) in [5, 5.41) is 12.4. The Morgan fingerprint density at radius 3 is 2.35 bits per heavy atom. The molecule has 108 valence electrons. The Kier molecular flexibility index (Phi) is 3.73. The molecule has 1 aromatic rings. The fourth-order valence-corrected chi connectivity index (χ4v) is 3.82. The van der Waals surface area contributed by atoms with Gasteiger partial charge in [0.25, 0.3) is 0 Å². The van der Waals surface area contributed by atoms with Crippen molar-refractivity contribution in [3.63, 3.8) is 0 Å². The molecule has 1 fully saturated rings. The van der Waals surface area contributed by atoms with E-state index in [1.165, 1.54) is 6.42 Å². The van der Waals surface area contributed by atoms with Gasteiger partial charge in [0.2, 0.25) is 5.95 Å². The summed E-state index contributed by atoms with van der Waals surface area (Å²) in [6.07, 6.45) is 3.45. The maximum Gasteiger partial charge on any atom is 0.224 e. The van der Waals surface area contributed by atoms with Gasteiger partial charge in [-0.05, 0) is 43.1 Å². The van der Waals surface area contributed by atoms with Crippen LogP contribution in [0.2, 0.25) is 0 Å². The third-order valence-corrected chi connectivity index (χ3v) is 3.86. The normalized spacial score (nSPS) is 21.2. The van der Waals surface area contributed by atoms with E-state index in [0.29, 0.717) is 28.5 Å². The van der Waals surface area contributed by atoms with Crippen molar-refractivity contribution in [1.82, 2.24) is 9.97 Å². The van der Waals surface area contributed by atoms with Gasteiger partial charge in [0.1, 0.15) is 11.8 Å². The molecule has 0 radical (unpaired) electrons. The number of aryl methyl sites for hydroxylation is 1. The van der Waals surface area contributed by atoms with Crippen molar-refractivity contribution in [3.8, 4) is 6.07 Å². The molecule has 4 nitrogen and oxygen atoms in total. The Bertz CT molecular complexity index is 524. The molecule has 0 spiro atoms. The average Bonchev–Trinajstić information content (AvgIpc) is 2.23. The third-order valence-electron chi connectivity index (χ3n) is 3.86. The lowest BCUT2D eigenvalue weighted by Gasteiger charge is -2.45. The number of aromatic nitrogens is 2. The first-order valence-electron chi connectivity index (χ1n) is 7.21. The second-order valence-corrected chi connectivity index (χ2v) is 7.58. The molecule has 2 rings (SSSR count). The van der Waals surface area contributed by atoms with E-state index in [1.807, 2.05) is 6.92 Å². The monoisotopic (exact) mass is 272 g/mol. The molecule has 1 aliphatic rings. The first-order valence-corrected chi connectivity index (χ1v) is 7.21. The van der Waals surface area contributed by atoms with Crippen LogP contribution in [-0.2, 0) is 0 Å². The van der Waals surface area contributed by atoms with Crippen LogP contribution in [0.25, 0.3) is 0 Å². The summed E-state index contributed by atoms with van der Waals surface area (Å²) >= 11 is 0. The Balaban J connectivity index is 2.17. The van der Waals surface area contributed by atoms with Crippen LogP contribution in [0, 0.1) is 29.1 Å². The van der Waals surface area contributed by atoms with E-state index in [1.54, 1.807) is 6.07 Å². The zero-order chi connectivity index (χ0) is 15.0. The molecule has 4 heteroatoms. The minimum atomic E-state index is 0.321. The molecular weight excluding hydrogens is 248 g/mol. The number of hydrogen-bond donors (Lipinski definition) is 1. The second-order valence-electron chi connectivity index (χ2n) is 7.58. The molecule has 1 aliphatic carbocycles. The van der Waals surface area contributed by atoms with Crippen molar-refractivity contribution < 1.29 is 0 Å². The van der Waals surface area contributed by atoms with Gasteiger partial charge in [-0.1, -0.05) is 27.7 Å². The van der Waals surface area contributed by atoms with Crippen molar-refractivity contribution >= 4 is 5.95 Å². The predicted molar refractivity (Wildman–Crippen MR) is 80.3 cm³/mol. The minimum Gasteiger partial charge on any atom is -0.351 e. The SMILES string of the molecule is Cc1cc(C#N)nc(NC2CC(C)(C)CC(C)(C)C2)n1.